The van der Waals surface area contributed by atoms with E-state index in [1.165, 1.54) is 0 Å². The maximum Gasteiger partial charge on any atom is 0.245 e. The molecule has 3 rings (SSSR count). The molecule has 0 bridgehead atoms. The average molecular weight is 349 g/mol. The Kier molecular flexibility index (Phi) is 5.09. The minimum atomic E-state index is -3.54. The normalized spacial score (nSPS) is 23.3. The van der Waals surface area contributed by atoms with Gasteiger partial charge in [-0.05, 0) is 49.8 Å². The van der Waals surface area contributed by atoms with Crippen LogP contribution in [0.4, 0.5) is 5.69 Å². The summed E-state index contributed by atoms with van der Waals surface area (Å²) in [7, 11) is -1.90. The van der Waals surface area contributed by atoms with Gasteiger partial charge < -0.3 is 10.1 Å². The predicted molar refractivity (Wildman–Crippen MR) is 91.2 cm³/mol. The molecule has 1 N–H and O–H groups in total. The number of fused-ring (bicyclic) bond motifs is 1. The van der Waals surface area contributed by atoms with Crippen molar-refractivity contribution < 1.29 is 13.2 Å². The smallest absolute Gasteiger partial charge is 0.245 e. The Morgan fingerprint density at radius 1 is 1.46 bits per heavy atom. The van der Waals surface area contributed by atoms with E-state index in [0.29, 0.717) is 36.9 Å². The highest BCUT2D eigenvalue weighted by Gasteiger charge is 2.49. The quantitative estimate of drug-likeness (QED) is 0.763. The highest BCUT2D eigenvalue weighted by atomic mass is 32.2. The van der Waals surface area contributed by atoms with Crippen molar-refractivity contribution in [2.45, 2.75) is 36.6 Å². The van der Waals surface area contributed by atoms with Crippen LogP contribution >= 0.6 is 0 Å². The fraction of sp³-hybridized carbons (Fsp3) is 0.588. The number of benzene rings is 1. The molecule has 1 aromatic carbocycles. The van der Waals surface area contributed by atoms with Gasteiger partial charge in [0.1, 0.15) is 4.90 Å². The lowest BCUT2D eigenvalue weighted by atomic mass is 10.2. The SMILES string of the molecule is COCCCNc1cc(C#N)ccc1S(=O)(=O)N1CCCC2CC21. The topological polar surface area (TPSA) is 82.4 Å². The first-order valence-corrected chi connectivity index (χ1v) is 9.80. The summed E-state index contributed by atoms with van der Waals surface area (Å²) in [4.78, 5) is 0.270. The Morgan fingerprint density at radius 2 is 2.29 bits per heavy atom. The molecule has 2 fully saturated rings. The van der Waals surface area contributed by atoms with Gasteiger partial charge in [0.05, 0.1) is 17.3 Å². The molecule has 7 heteroatoms. The summed E-state index contributed by atoms with van der Waals surface area (Å²) in [5.41, 5.74) is 0.957. The summed E-state index contributed by atoms with van der Waals surface area (Å²) in [6.45, 7) is 1.78. The van der Waals surface area contributed by atoms with Crippen molar-refractivity contribution in [2.24, 2.45) is 5.92 Å². The summed E-state index contributed by atoms with van der Waals surface area (Å²) < 4.78 is 32.9. The van der Waals surface area contributed by atoms with E-state index >= 15 is 0 Å². The minimum Gasteiger partial charge on any atom is -0.385 e. The second-order valence-electron chi connectivity index (χ2n) is 6.42. The van der Waals surface area contributed by atoms with Gasteiger partial charge in [-0.1, -0.05) is 0 Å². The van der Waals surface area contributed by atoms with Crippen molar-refractivity contribution in [2.75, 3.05) is 32.1 Å². The second kappa shape index (κ2) is 7.09. The van der Waals surface area contributed by atoms with Gasteiger partial charge in [0.15, 0.2) is 0 Å². The molecule has 0 radical (unpaired) electrons. The fourth-order valence-electron chi connectivity index (χ4n) is 3.40. The van der Waals surface area contributed by atoms with Crippen LogP contribution in [0.5, 0.6) is 0 Å². The Hall–Kier alpha value is -1.62. The van der Waals surface area contributed by atoms with Crippen molar-refractivity contribution in [3.8, 4) is 6.07 Å². The number of sulfonamides is 1. The molecule has 1 aromatic rings. The standard InChI is InChI=1S/C17H23N3O3S/c1-23-9-3-7-19-15-10-13(12-18)5-6-17(15)24(21,22)20-8-2-4-14-11-16(14)20/h5-6,10,14,16,19H,2-4,7-9,11H2,1H3. The number of hydrogen-bond acceptors (Lipinski definition) is 5. The van der Waals surface area contributed by atoms with Crippen LogP contribution in [0.2, 0.25) is 0 Å². The predicted octanol–water partition coefficient (Wildman–Crippen LogP) is 2.18. The summed E-state index contributed by atoms with van der Waals surface area (Å²) in [6.07, 6.45) is 3.80. The number of nitrogens with one attached hydrogen (secondary N) is 1. The monoisotopic (exact) mass is 349 g/mol. The van der Waals surface area contributed by atoms with E-state index in [0.717, 1.165) is 25.7 Å². The fourth-order valence-corrected chi connectivity index (χ4v) is 5.28. The van der Waals surface area contributed by atoms with Crippen LogP contribution in [0.3, 0.4) is 0 Å². The van der Waals surface area contributed by atoms with E-state index in [4.69, 9.17) is 10.00 Å². The number of nitrogens with zero attached hydrogens (tertiary/aromatic N) is 2. The number of ether oxygens (including phenoxy) is 1. The molecule has 2 aliphatic rings. The molecule has 1 aliphatic carbocycles. The Bertz CT molecular complexity index is 742. The minimum absolute atomic E-state index is 0.167. The molecule has 0 amide bonds. The van der Waals surface area contributed by atoms with Crippen LogP contribution in [-0.4, -0.2) is 45.6 Å². The summed E-state index contributed by atoms with van der Waals surface area (Å²) >= 11 is 0. The number of hydrogen-bond donors (Lipinski definition) is 1. The molecule has 24 heavy (non-hydrogen) atoms. The molecular weight excluding hydrogens is 326 g/mol. The summed E-state index contributed by atoms with van der Waals surface area (Å²) in [5, 5.41) is 12.3. The highest BCUT2D eigenvalue weighted by Crippen LogP contribution is 2.45. The zero-order valence-corrected chi connectivity index (χ0v) is 14.7. The molecule has 0 aromatic heterocycles. The lowest BCUT2D eigenvalue weighted by molar-refractivity contribution is 0.198. The lowest BCUT2D eigenvalue weighted by Crippen LogP contribution is -2.37. The lowest BCUT2D eigenvalue weighted by Gasteiger charge is -2.27. The van der Waals surface area contributed by atoms with Crippen molar-refractivity contribution in [1.82, 2.24) is 4.31 Å². The van der Waals surface area contributed by atoms with Crippen LogP contribution in [-0.2, 0) is 14.8 Å². The first-order chi connectivity index (χ1) is 11.6. The first kappa shape index (κ1) is 17.2. The molecule has 1 saturated carbocycles. The van der Waals surface area contributed by atoms with E-state index in [2.05, 4.69) is 11.4 Å². The molecule has 6 nitrogen and oxygen atoms in total. The molecule has 2 atom stereocenters. The number of anilines is 1. The highest BCUT2D eigenvalue weighted by molar-refractivity contribution is 7.89. The summed E-state index contributed by atoms with van der Waals surface area (Å²) in [5.74, 6) is 0.532. The summed E-state index contributed by atoms with van der Waals surface area (Å²) in [6, 6.07) is 6.98. The molecule has 1 saturated heterocycles. The van der Waals surface area contributed by atoms with E-state index in [9.17, 15) is 8.42 Å². The van der Waals surface area contributed by atoms with Crippen LogP contribution < -0.4 is 5.32 Å². The number of methoxy groups -OCH3 is 1. The van der Waals surface area contributed by atoms with Crippen molar-refractivity contribution in [1.29, 1.82) is 5.26 Å². The molecule has 0 spiro atoms. The maximum absolute atomic E-state index is 13.1. The van der Waals surface area contributed by atoms with E-state index in [1.807, 2.05) is 0 Å². The second-order valence-corrected chi connectivity index (χ2v) is 8.28. The van der Waals surface area contributed by atoms with Crippen molar-refractivity contribution in [3.05, 3.63) is 23.8 Å². The Morgan fingerprint density at radius 3 is 3.04 bits per heavy atom. The molecule has 2 unspecified atom stereocenters. The van der Waals surface area contributed by atoms with Gasteiger partial charge in [-0.2, -0.15) is 9.57 Å². The van der Waals surface area contributed by atoms with Crippen LogP contribution in [0.1, 0.15) is 31.2 Å². The Labute approximate surface area is 143 Å². The Balaban J connectivity index is 1.86. The molecule has 130 valence electrons. The number of piperidine rings is 1. The van der Waals surface area contributed by atoms with E-state index < -0.39 is 10.0 Å². The van der Waals surface area contributed by atoms with Crippen LogP contribution in [0, 0.1) is 17.2 Å². The van der Waals surface area contributed by atoms with Crippen molar-refractivity contribution in [3.63, 3.8) is 0 Å². The molecular formula is C17H23N3O3S. The third kappa shape index (κ3) is 3.41. The number of nitriles is 1. The van der Waals surface area contributed by atoms with E-state index in [1.54, 1.807) is 29.6 Å². The van der Waals surface area contributed by atoms with Gasteiger partial charge in [0, 0.05) is 32.8 Å². The van der Waals surface area contributed by atoms with Gasteiger partial charge >= 0.3 is 0 Å². The van der Waals surface area contributed by atoms with Crippen LogP contribution in [0.15, 0.2) is 23.1 Å². The maximum atomic E-state index is 13.1. The third-order valence-electron chi connectivity index (χ3n) is 4.74. The number of rotatable bonds is 7. The van der Waals surface area contributed by atoms with E-state index in [-0.39, 0.29) is 10.9 Å². The van der Waals surface area contributed by atoms with Gasteiger partial charge in [-0.3, -0.25) is 0 Å². The van der Waals surface area contributed by atoms with Gasteiger partial charge in [-0.25, -0.2) is 8.42 Å². The van der Waals surface area contributed by atoms with Gasteiger partial charge in [0.25, 0.3) is 0 Å². The largest absolute Gasteiger partial charge is 0.385 e. The zero-order chi connectivity index (χ0) is 17.2. The molecule has 1 aliphatic heterocycles. The van der Waals surface area contributed by atoms with Gasteiger partial charge in [0.2, 0.25) is 10.0 Å². The van der Waals surface area contributed by atoms with Gasteiger partial charge in [-0.15, -0.1) is 0 Å². The zero-order valence-electron chi connectivity index (χ0n) is 13.9. The van der Waals surface area contributed by atoms with Crippen molar-refractivity contribution >= 4 is 15.7 Å². The molecule has 1 heterocycles. The third-order valence-corrected chi connectivity index (χ3v) is 6.73. The average Bonchev–Trinajstić information content (AvgIpc) is 3.37. The first-order valence-electron chi connectivity index (χ1n) is 8.36. The van der Waals surface area contributed by atoms with Crippen LogP contribution in [0.25, 0.3) is 0 Å².